The highest BCUT2D eigenvalue weighted by molar-refractivity contribution is 5.70. The maximum Gasteiger partial charge on any atom is 0.416 e. The fraction of sp³-hybridized carbons (Fsp3) is 0.536. The van der Waals surface area contributed by atoms with Crippen molar-refractivity contribution in [3.8, 4) is 0 Å². The van der Waals surface area contributed by atoms with Crippen LogP contribution < -0.4 is 0 Å². The average Bonchev–Trinajstić information content (AvgIpc) is 2.99. The van der Waals surface area contributed by atoms with Gasteiger partial charge >= 0.3 is 12.1 Å². The lowest BCUT2D eigenvalue weighted by atomic mass is 9.71. The van der Waals surface area contributed by atoms with Gasteiger partial charge in [0.05, 0.1) is 11.5 Å². The van der Waals surface area contributed by atoms with Crippen molar-refractivity contribution in [1.29, 1.82) is 0 Å². The molecule has 2 saturated heterocycles. The molecule has 34 heavy (non-hydrogen) atoms. The third-order valence-electron chi connectivity index (χ3n) is 8.13. The number of halogens is 3. The number of nitrogens with zero attached hydrogens (tertiary/aromatic N) is 1. The van der Waals surface area contributed by atoms with Crippen molar-refractivity contribution in [2.75, 3.05) is 0 Å². The van der Waals surface area contributed by atoms with Gasteiger partial charge in [0.2, 0.25) is 0 Å². The van der Waals surface area contributed by atoms with Gasteiger partial charge in [-0.25, -0.2) is 0 Å². The molecule has 6 heteroatoms. The third kappa shape index (κ3) is 4.61. The quantitative estimate of drug-likeness (QED) is 0.462. The summed E-state index contributed by atoms with van der Waals surface area (Å²) in [4.78, 5) is 14.4. The summed E-state index contributed by atoms with van der Waals surface area (Å²) in [5.74, 6) is -0.743. The van der Waals surface area contributed by atoms with Gasteiger partial charge in [-0.3, -0.25) is 9.69 Å². The zero-order valence-corrected chi connectivity index (χ0v) is 20.1. The van der Waals surface area contributed by atoms with Gasteiger partial charge < -0.3 is 5.11 Å². The van der Waals surface area contributed by atoms with Crippen LogP contribution >= 0.6 is 0 Å². The molecule has 0 aliphatic carbocycles. The van der Waals surface area contributed by atoms with E-state index < -0.39 is 29.2 Å². The number of hydrogen-bond acceptors (Lipinski definition) is 2. The highest BCUT2D eigenvalue weighted by Gasteiger charge is 2.54. The molecule has 2 aromatic rings. The molecule has 0 spiro atoms. The predicted octanol–water partition coefficient (Wildman–Crippen LogP) is 7.21. The minimum atomic E-state index is -4.38. The zero-order chi connectivity index (χ0) is 24.7. The molecular formula is C28H34F3NO2. The van der Waals surface area contributed by atoms with Gasteiger partial charge in [0.1, 0.15) is 0 Å². The van der Waals surface area contributed by atoms with Crippen LogP contribution in [0.25, 0.3) is 0 Å². The number of hydrogen-bond donors (Lipinski definition) is 1. The zero-order valence-electron chi connectivity index (χ0n) is 20.1. The molecule has 0 saturated carbocycles. The third-order valence-corrected chi connectivity index (χ3v) is 8.13. The van der Waals surface area contributed by atoms with Crippen molar-refractivity contribution >= 4 is 5.97 Å². The SMILES string of the molecule is CCC(C(=O)O)C1C[C@H]2CC[C@@](c3ccc(C(F)(F)F)cc3)(C1)N2Cc1ccc(C(C)C)cc1. The number of rotatable bonds is 7. The number of alkyl halides is 3. The highest BCUT2D eigenvalue weighted by atomic mass is 19.4. The molecule has 2 aliphatic rings. The molecule has 0 aromatic heterocycles. The molecule has 2 aromatic carbocycles. The second-order valence-corrected chi connectivity index (χ2v) is 10.4. The summed E-state index contributed by atoms with van der Waals surface area (Å²) in [6.07, 6.45) is -0.581. The van der Waals surface area contributed by atoms with Gasteiger partial charge in [-0.05, 0) is 72.8 Å². The summed E-state index contributed by atoms with van der Waals surface area (Å²) in [5.41, 5.74) is 2.22. The van der Waals surface area contributed by atoms with Crippen molar-refractivity contribution in [2.45, 2.75) is 83.1 Å². The number of carbonyl (C=O) groups is 1. The van der Waals surface area contributed by atoms with E-state index in [0.717, 1.165) is 24.8 Å². The Kier molecular flexibility index (Phi) is 6.83. The second kappa shape index (κ2) is 9.37. The number of carboxylic acid groups (broad SMARTS) is 1. The van der Waals surface area contributed by atoms with Crippen molar-refractivity contribution in [3.63, 3.8) is 0 Å². The summed E-state index contributed by atoms with van der Waals surface area (Å²) in [5, 5.41) is 9.83. The van der Waals surface area contributed by atoms with Crippen LogP contribution in [0.5, 0.6) is 0 Å². The van der Waals surface area contributed by atoms with Gasteiger partial charge in [-0.1, -0.05) is 57.2 Å². The largest absolute Gasteiger partial charge is 0.481 e. The van der Waals surface area contributed by atoms with Crippen LogP contribution in [0, 0.1) is 11.8 Å². The van der Waals surface area contributed by atoms with E-state index in [1.807, 2.05) is 6.92 Å². The van der Waals surface area contributed by atoms with Gasteiger partial charge in [0, 0.05) is 18.1 Å². The van der Waals surface area contributed by atoms with Crippen LogP contribution in [-0.4, -0.2) is 22.0 Å². The van der Waals surface area contributed by atoms with E-state index in [2.05, 4.69) is 43.0 Å². The Labute approximate surface area is 200 Å². The van der Waals surface area contributed by atoms with Crippen LogP contribution in [0.4, 0.5) is 13.2 Å². The monoisotopic (exact) mass is 473 g/mol. The van der Waals surface area contributed by atoms with Crippen molar-refractivity contribution in [3.05, 3.63) is 70.8 Å². The number of carboxylic acids is 1. The van der Waals surface area contributed by atoms with Crippen LogP contribution in [0.2, 0.25) is 0 Å². The summed E-state index contributed by atoms with van der Waals surface area (Å²) in [6.45, 7) is 6.94. The molecule has 4 atom stereocenters. The van der Waals surface area contributed by atoms with Gasteiger partial charge in [-0.15, -0.1) is 0 Å². The van der Waals surface area contributed by atoms with Crippen LogP contribution in [0.15, 0.2) is 48.5 Å². The molecule has 0 amide bonds. The van der Waals surface area contributed by atoms with Crippen LogP contribution in [0.1, 0.15) is 81.0 Å². The molecule has 184 valence electrons. The first-order valence-corrected chi connectivity index (χ1v) is 12.3. The van der Waals surface area contributed by atoms with Gasteiger partial charge in [-0.2, -0.15) is 13.2 Å². The van der Waals surface area contributed by atoms with Crippen molar-refractivity contribution in [2.24, 2.45) is 11.8 Å². The van der Waals surface area contributed by atoms with Crippen LogP contribution in [0.3, 0.4) is 0 Å². The fourth-order valence-corrected chi connectivity index (χ4v) is 6.28. The lowest BCUT2D eigenvalue weighted by Crippen LogP contribution is -2.51. The van der Waals surface area contributed by atoms with Gasteiger partial charge in [0.25, 0.3) is 0 Å². The number of benzene rings is 2. The second-order valence-electron chi connectivity index (χ2n) is 10.4. The Morgan fingerprint density at radius 1 is 1.12 bits per heavy atom. The van der Waals surface area contributed by atoms with E-state index in [4.69, 9.17) is 0 Å². The molecular weight excluding hydrogens is 439 g/mol. The Morgan fingerprint density at radius 2 is 1.76 bits per heavy atom. The van der Waals surface area contributed by atoms with E-state index in [0.29, 0.717) is 25.3 Å². The Balaban J connectivity index is 1.70. The molecule has 2 bridgehead atoms. The summed E-state index contributed by atoms with van der Waals surface area (Å²) in [7, 11) is 0. The molecule has 0 radical (unpaired) electrons. The smallest absolute Gasteiger partial charge is 0.416 e. The van der Waals surface area contributed by atoms with E-state index in [1.165, 1.54) is 23.3 Å². The predicted molar refractivity (Wildman–Crippen MR) is 126 cm³/mol. The van der Waals surface area contributed by atoms with Crippen molar-refractivity contribution in [1.82, 2.24) is 4.90 Å². The number of piperidine rings is 1. The molecule has 4 rings (SSSR count). The Bertz CT molecular complexity index is 1000. The molecule has 2 unspecified atom stereocenters. The van der Waals surface area contributed by atoms with E-state index in [1.54, 1.807) is 12.1 Å². The van der Waals surface area contributed by atoms with Crippen molar-refractivity contribution < 1.29 is 23.1 Å². The molecule has 2 fully saturated rings. The summed E-state index contributed by atoms with van der Waals surface area (Å²) >= 11 is 0. The van der Waals surface area contributed by atoms with E-state index in [9.17, 15) is 23.1 Å². The number of aliphatic carboxylic acids is 1. The van der Waals surface area contributed by atoms with Gasteiger partial charge in [0.15, 0.2) is 0 Å². The summed E-state index contributed by atoms with van der Waals surface area (Å²) in [6, 6.07) is 14.4. The lowest BCUT2D eigenvalue weighted by Gasteiger charge is -2.49. The van der Waals surface area contributed by atoms with E-state index in [-0.39, 0.29) is 12.0 Å². The first kappa shape index (κ1) is 24.8. The Hall–Kier alpha value is -2.34. The Morgan fingerprint density at radius 3 is 2.29 bits per heavy atom. The van der Waals surface area contributed by atoms with E-state index >= 15 is 0 Å². The summed E-state index contributed by atoms with van der Waals surface area (Å²) < 4.78 is 39.7. The normalized spacial score (nSPS) is 26.1. The topological polar surface area (TPSA) is 40.5 Å². The van der Waals surface area contributed by atoms with Crippen LogP contribution in [-0.2, 0) is 23.1 Å². The average molecular weight is 474 g/mol. The lowest BCUT2D eigenvalue weighted by molar-refractivity contribution is -0.146. The standard InChI is InChI=1S/C28H34F3NO2/c1-4-25(26(33)34)21-15-24-13-14-27(16-21,22-9-11-23(12-10-22)28(29,30)31)32(24)17-19-5-7-20(8-6-19)18(2)3/h5-12,18,21,24-25H,4,13-17H2,1-3H3,(H,33,34)/t21?,24-,25?,27+/m1/s1. The first-order chi connectivity index (χ1) is 16.0. The highest BCUT2D eigenvalue weighted by Crippen LogP contribution is 2.55. The maximum absolute atomic E-state index is 13.2. The molecule has 1 N–H and O–H groups in total. The fourth-order valence-electron chi connectivity index (χ4n) is 6.28. The molecule has 2 heterocycles. The maximum atomic E-state index is 13.2. The minimum Gasteiger partial charge on any atom is -0.481 e. The number of fused-ring (bicyclic) bond motifs is 2. The molecule has 3 nitrogen and oxygen atoms in total. The minimum absolute atomic E-state index is 0.0110. The molecule has 2 aliphatic heterocycles. The first-order valence-electron chi connectivity index (χ1n) is 12.3.